The molecule has 0 bridgehead atoms. The number of ether oxygens (including phenoxy) is 1. The number of hydrogen-bond donors (Lipinski definition) is 2. The van der Waals surface area contributed by atoms with Gasteiger partial charge in [0.1, 0.15) is 0 Å². The lowest BCUT2D eigenvalue weighted by molar-refractivity contribution is 0.0601. The summed E-state index contributed by atoms with van der Waals surface area (Å²) in [5.41, 5.74) is 7.49. The number of nitrogens with one attached hydrogen (secondary N) is 1. The smallest absolute Gasteiger partial charge is 0.337 e. The minimum Gasteiger partial charge on any atom is -0.465 e. The molecule has 1 heterocycles. The van der Waals surface area contributed by atoms with Crippen LogP contribution in [0.2, 0.25) is 0 Å². The first-order valence-electron chi connectivity index (χ1n) is 5.27. The average molecular weight is 263 g/mol. The summed E-state index contributed by atoms with van der Waals surface area (Å²) in [7, 11) is 1.34. The van der Waals surface area contributed by atoms with Gasteiger partial charge in [0.15, 0.2) is 5.13 Å². The van der Waals surface area contributed by atoms with E-state index in [4.69, 9.17) is 5.73 Å². The number of carbonyl (C=O) groups excluding carboxylic acids is 1. The molecule has 94 valence electrons. The third-order valence-electron chi connectivity index (χ3n) is 2.34. The van der Waals surface area contributed by atoms with Gasteiger partial charge in [-0.25, -0.2) is 9.78 Å². The molecule has 0 amide bonds. The molecule has 2 aromatic rings. The number of thiazole rings is 1. The lowest BCUT2D eigenvalue weighted by Gasteiger charge is -2.08. The molecule has 0 saturated heterocycles. The van der Waals surface area contributed by atoms with E-state index in [1.54, 1.807) is 24.4 Å². The molecule has 5 nitrogen and oxygen atoms in total. The van der Waals surface area contributed by atoms with E-state index in [1.165, 1.54) is 18.4 Å². The van der Waals surface area contributed by atoms with Crippen molar-refractivity contribution < 1.29 is 9.53 Å². The van der Waals surface area contributed by atoms with Crippen molar-refractivity contribution in [2.24, 2.45) is 0 Å². The van der Waals surface area contributed by atoms with Gasteiger partial charge in [-0.15, -0.1) is 11.3 Å². The van der Waals surface area contributed by atoms with Gasteiger partial charge in [0.05, 0.1) is 24.0 Å². The highest BCUT2D eigenvalue weighted by atomic mass is 32.1. The van der Waals surface area contributed by atoms with Crippen molar-refractivity contribution in [3.05, 3.63) is 34.8 Å². The third-order valence-corrected chi connectivity index (χ3v) is 3.17. The fourth-order valence-electron chi connectivity index (χ4n) is 1.44. The first-order valence-corrected chi connectivity index (χ1v) is 6.09. The van der Waals surface area contributed by atoms with E-state index in [0.29, 0.717) is 16.9 Å². The topological polar surface area (TPSA) is 77.2 Å². The molecule has 0 unspecified atom stereocenters. The molecule has 0 aliphatic heterocycles. The van der Waals surface area contributed by atoms with E-state index >= 15 is 0 Å². The SMILES string of the molecule is COC(=O)c1ccc(N)c(Nc2ncc(C)s2)c1. The molecule has 18 heavy (non-hydrogen) atoms. The highest BCUT2D eigenvalue weighted by Gasteiger charge is 2.09. The summed E-state index contributed by atoms with van der Waals surface area (Å²) in [6, 6.07) is 4.94. The normalized spacial score (nSPS) is 10.1. The molecule has 2 rings (SSSR count). The first-order chi connectivity index (χ1) is 8.60. The van der Waals surface area contributed by atoms with Crippen molar-refractivity contribution >= 4 is 33.8 Å². The van der Waals surface area contributed by atoms with E-state index in [2.05, 4.69) is 15.0 Å². The van der Waals surface area contributed by atoms with Gasteiger partial charge >= 0.3 is 5.97 Å². The minimum atomic E-state index is -0.395. The maximum atomic E-state index is 11.4. The van der Waals surface area contributed by atoms with Crippen molar-refractivity contribution in [2.75, 3.05) is 18.2 Å². The summed E-state index contributed by atoms with van der Waals surface area (Å²) in [6.07, 6.45) is 1.77. The summed E-state index contributed by atoms with van der Waals surface area (Å²) in [5.74, 6) is -0.395. The third kappa shape index (κ3) is 2.60. The predicted octanol–water partition coefficient (Wildman–Crippen LogP) is 2.56. The number of methoxy groups -OCH3 is 1. The highest BCUT2D eigenvalue weighted by molar-refractivity contribution is 7.15. The summed E-state index contributed by atoms with van der Waals surface area (Å²) in [4.78, 5) is 16.7. The van der Waals surface area contributed by atoms with Crippen molar-refractivity contribution in [3.8, 4) is 0 Å². The number of hydrogen-bond acceptors (Lipinski definition) is 6. The fourth-order valence-corrected chi connectivity index (χ4v) is 2.11. The number of aromatic nitrogens is 1. The van der Waals surface area contributed by atoms with Crippen molar-refractivity contribution in [3.63, 3.8) is 0 Å². The maximum absolute atomic E-state index is 11.4. The molecular formula is C12H13N3O2S. The molecule has 0 spiro atoms. The quantitative estimate of drug-likeness (QED) is 0.657. The Hall–Kier alpha value is -2.08. The van der Waals surface area contributed by atoms with Gasteiger partial charge < -0.3 is 15.8 Å². The van der Waals surface area contributed by atoms with Crippen molar-refractivity contribution in [2.45, 2.75) is 6.92 Å². The number of anilines is 3. The largest absolute Gasteiger partial charge is 0.465 e. The number of aryl methyl sites for hydroxylation is 1. The van der Waals surface area contributed by atoms with Crippen LogP contribution >= 0.6 is 11.3 Å². The average Bonchev–Trinajstić information content (AvgIpc) is 2.76. The zero-order valence-electron chi connectivity index (χ0n) is 10.1. The van der Waals surface area contributed by atoms with E-state index in [0.717, 1.165) is 10.0 Å². The maximum Gasteiger partial charge on any atom is 0.337 e. The zero-order valence-corrected chi connectivity index (χ0v) is 10.9. The number of rotatable bonds is 3. The standard InChI is InChI=1S/C12H13N3O2S/c1-7-6-14-12(18-7)15-10-5-8(11(16)17-2)3-4-9(10)13/h3-6H,13H2,1-2H3,(H,14,15). The Morgan fingerprint density at radius 1 is 1.50 bits per heavy atom. The Morgan fingerprint density at radius 2 is 2.28 bits per heavy atom. The van der Waals surface area contributed by atoms with Crippen LogP contribution < -0.4 is 11.1 Å². The van der Waals surface area contributed by atoms with Gasteiger partial charge in [-0.2, -0.15) is 0 Å². The second-order valence-corrected chi connectivity index (χ2v) is 4.93. The lowest BCUT2D eigenvalue weighted by atomic mass is 10.2. The van der Waals surface area contributed by atoms with Crippen LogP contribution in [0, 0.1) is 6.92 Å². The van der Waals surface area contributed by atoms with Crippen LogP contribution in [-0.2, 0) is 4.74 Å². The molecule has 0 radical (unpaired) electrons. The molecule has 3 N–H and O–H groups in total. The lowest BCUT2D eigenvalue weighted by Crippen LogP contribution is -2.03. The van der Waals surface area contributed by atoms with Gasteiger partial charge in [0.2, 0.25) is 0 Å². The Labute approximate surface area is 109 Å². The number of esters is 1. The molecule has 1 aromatic carbocycles. The van der Waals surface area contributed by atoms with E-state index in [1.807, 2.05) is 6.92 Å². The van der Waals surface area contributed by atoms with Crippen LogP contribution in [0.5, 0.6) is 0 Å². The summed E-state index contributed by atoms with van der Waals surface area (Å²) in [5, 5.41) is 3.82. The summed E-state index contributed by atoms with van der Waals surface area (Å²) < 4.78 is 4.66. The second-order valence-electron chi connectivity index (χ2n) is 3.69. The van der Waals surface area contributed by atoms with E-state index < -0.39 is 5.97 Å². The van der Waals surface area contributed by atoms with Gasteiger partial charge in [0.25, 0.3) is 0 Å². The Kier molecular flexibility index (Phi) is 3.47. The number of nitrogen functional groups attached to an aromatic ring is 1. The molecule has 0 fully saturated rings. The Morgan fingerprint density at radius 3 is 2.89 bits per heavy atom. The van der Waals surface area contributed by atoms with Crippen molar-refractivity contribution in [1.29, 1.82) is 0 Å². The van der Waals surface area contributed by atoms with Crippen LogP contribution in [0.4, 0.5) is 16.5 Å². The van der Waals surface area contributed by atoms with Crippen LogP contribution in [0.15, 0.2) is 24.4 Å². The molecule has 6 heteroatoms. The van der Waals surface area contributed by atoms with Crippen LogP contribution in [0.25, 0.3) is 0 Å². The number of nitrogens with two attached hydrogens (primary N) is 1. The number of carbonyl (C=O) groups is 1. The highest BCUT2D eigenvalue weighted by Crippen LogP contribution is 2.27. The Bertz CT molecular complexity index is 580. The van der Waals surface area contributed by atoms with Crippen LogP contribution in [-0.4, -0.2) is 18.1 Å². The molecule has 1 aromatic heterocycles. The number of nitrogens with zero attached hydrogens (tertiary/aromatic N) is 1. The van der Waals surface area contributed by atoms with Crippen molar-refractivity contribution in [1.82, 2.24) is 4.98 Å². The summed E-state index contributed by atoms with van der Waals surface area (Å²) >= 11 is 1.52. The first kappa shape index (κ1) is 12.4. The second kappa shape index (κ2) is 5.05. The Balaban J connectivity index is 2.29. The monoisotopic (exact) mass is 263 g/mol. The minimum absolute atomic E-state index is 0.395. The van der Waals surface area contributed by atoms with E-state index in [9.17, 15) is 4.79 Å². The molecular weight excluding hydrogens is 250 g/mol. The van der Waals surface area contributed by atoms with Crippen LogP contribution in [0.3, 0.4) is 0 Å². The fraction of sp³-hybridized carbons (Fsp3) is 0.167. The predicted molar refractivity (Wildman–Crippen MR) is 72.3 cm³/mol. The van der Waals surface area contributed by atoms with Gasteiger partial charge in [-0.1, -0.05) is 0 Å². The number of benzene rings is 1. The molecule has 0 aliphatic rings. The molecule has 0 saturated carbocycles. The molecule has 0 aliphatic carbocycles. The van der Waals surface area contributed by atoms with E-state index in [-0.39, 0.29) is 0 Å². The van der Waals surface area contributed by atoms with Gasteiger partial charge in [-0.05, 0) is 25.1 Å². The zero-order chi connectivity index (χ0) is 13.1. The van der Waals surface area contributed by atoms with Crippen LogP contribution in [0.1, 0.15) is 15.2 Å². The van der Waals surface area contributed by atoms with Gasteiger partial charge in [0, 0.05) is 11.1 Å². The molecule has 0 atom stereocenters. The van der Waals surface area contributed by atoms with Gasteiger partial charge in [-0.3, -0.25) is 0 Å². The summed E-state index contributed by atoms with van der Waals surface area (Å²) in [6.45, 7) is 1.97.